The maximum Gasteiger partial charge on any atom is 0.243 e. The van der Waals surface area contributed by atoms with Crippen molar-refractivity contribution in [3.05, 3.63) is 58.6 Å². The Hall–Kier alpha value is -2.25. The maximum atomic E-state index is 12.5. The van der Waals surface area contributed by atoms with Gasteiger partial charge in [0.15, 0.2) is 0 Å². The Bertz CT molecular complexity index is 947. The number of hydrogen-bond acceptors (Lipinski definition) is 4. The highest BCUT2D eigenvalue weighted by Crippen LogP contribution is 2.24. The lowest BCUT2D eigenvalue weighted by molar-refractivity contribution is -0.121. The van der Waals surface area contributed by atoms with Gasteiger partial charge in [-0.05, 0) is 56.2 Å². The summed E-state index contributed by atoms with van der Waals surface area (Å²) in [5.74, 6) is 0.116. The zero-order valence-electron chi connectivity index (χ0n) is 16.4. The van der Waals surface area contributed by atoms with Gasteiger partial charge in [-0.1, -0.05) is 29.8 Å². The molecule has 0 aliphatic rings. The van der Waals surface area contributed by atoms with E-state index < -0.39 is 22.0 Å². The van der Waals surface area contributed by atoms with Crippen LogP contribution < -0.4 is 14.4 Å². The largest absolute Gasteiger partial charge is 0.490 e. The summed E-state index contributed by atoms with van der Waals surface area (Å²) in [5.41, 5.74) is 2.46. The normalized spacial score (nSPS) is 12.3. The lowest BCUT2D eigenvalue weighted by Crippen LogP contribution is -2.48. The minimum atomic E-state index is -3.65. The Morgan fingerprint density at radius 3 is 2.46 bits per heavy atom. The van der Waals surface area contributed by atoms with Crippen LogP contribution >= 0.6 is 11.6 Å². The van der Waals surface area contributed by atoms with E-state index >= 15 is 0 Å². The van der Waals surface area contributed by atoms with E-state index in [0.29, 0.717) is 16.5 Å². The number of rotatable bonds is 8. The quantitative estimate of drug-likeness (QED) is 0.659. The van der Waals surface area contributed by atoms with Gasteiger partial charge < -0.3 is 10.1 Å². The first kappa shape index (κ1) is 22.0. The Morgan fingerprint density at radius 2 is 1.86 bits per heavy atom. The van der Waals surface area contributed by atoms with E-state index in [1.54, 1.807) is 43.3 Å². The van der Waals surface area contributed by atoms with Crippen LogP contribution in [-0.2, 0) is 14.8 Å². The van der Waals surface area contributed by atoms with Crippen LogP contribution in [0.1, 0.15) is 18.1 Å². The number of amides is 1. The number of anilines is 1. The van der Waals surface area contributed by atoms with E-state index in [0.717, 1.165) is 21.7 Å². The van der Waals surface area contributed by atoms with Crippen molar-refractivity contribution in [3.8, 4) is 5.75 Å². The molecule has 28 heavy (non-hydrogen) atoms. The number of halogens is 1. The molecule has 2 rings (SSSR count). The lowest BCUT2D eigenvalue weighted by atomic mass is 10.1. The molecule has 6 nitrogen and oxygen atoms in total. The first-order valence-electron chi connectivity index (χ1n) is 8.83. The van der Waals surface area contributed by atoms with Crippen molar-refractivity contribution < 1.29 is 17.9 Å². The standard InChI is InChI=1S/C20H25ClN2O4S/c1-14-9-10-17(13-15(14)2)23(28(4,25)26)16(3)20(24)22-11-12-27-19-8-6-5-7-18(19)21/h5-10,13,16H,11-12H2,1-4H3,(H,22,24). The van der Waals surface area contributed by atoms with Crippen molar-refractivity contribution >= 4 is 33.2 Å². The van der Waals surface area contributed by atoms with Crippen molar-refractivity contribution in [2.24, 2.45) is 0 Å². The summed E-state index contributed by atoms with van der Waals surface area (Å²) in [6.45, 7) is 5.83. The van der Waals surface area contributed by atoms with Gasteiger partial charge in [0.1, 0.15) is 18.4 Å². The summed E-state index contributed by atoms with van der Waals surface area (Å²) in [7, 11) is -3.65. The third kappa shape index (κ3) is 5.62. The Kier molecular flexibility index (Phi) is 7.32. The van der Waals surface area contributed by atoms with Gasteiger partial charge in [0.25, 0.3) is 0 Å². The predicted octanol–water partition coefficient (Wildman–Crippen LogP) is 3.31. The smallest absolute Gasteiger partial charge is 0.243 e. The second-order valence-electron chi connectivity index (χ2n) is 6.57. The van der Waals surface area contributed by atoms with Gasteiger partial charge in [-0.2, -0.15) is 0 Å². The van der Waals surface area contributed by atoms with Crippen LogP contribution in [0.2, 0.25) is 5.02 Å². The molecule has 0 radical (unpaired) electrons. The minimum absolute atomic E-state index is 0.213. The average Bonchev–Trinajstić information content (AvgIpc) is 2.62. The van der Waals surface area contributed by atoms with Crippen molar-refractivity contribution in [2.75, 3.05) is 23.7 Å². The Labute approximate surface area is 171 Å². The summed E-state index contributed by atoms with van der Waals surface area (Å²) in [6.07, 6.45) is 1.09. The summed E-state index contributed by atoms with van der Waals surface area (Å²) >= 11 is 6.01. The van der Waals surface area contributed by atoms with E-state index in [2.05, 4.69) is 5.32 Å². The van der Waals surface area contributed by atoms with Gasteiger partial charge in [-0.3, -0.25) is 9.10 Å². The first-order chi connectivity index (χ1) is 13.1. The van der Waals surface area contributed by atoms with Crippen molar-refractivity contribution in [2.45, 2.75) is 26.8 Å². The number of nitrogens with zero attached hydrogens (tertiary/aromatic N) is 1. The fourth-order valence-electron chi connectivity index (χ4n) is 2.72. The molecule has 1 atom stereocenters. The molecule has 152 valence electrons. The van der Waals surface area contributed by atoms with Crippen LogP contribution in [0.4, 0.5) is 5.69 Å². The van der Waals surface area contributed by atoms with Crippen LogP contribution in [0.15, 0.2) is 42.5 Å². The summed E-state index contributed by atoms with van der Waals surface area (Å²) in [6, 6.07) is 11.4. The highest BCUT2D eigenvalue weighted by molar-refractivity contribution is 7.92. The van der Waals surface area contributed by atoms with E-state index in [-0.39, 0.29) is 13.2 Å². The molecule has 0 spiro atoms. The highest BCUT2D eigenvalue weighted by atomic mass is 35.5. The minimum Gasteiger partial charge on any atom is -0.490 e. The molecule has 0 fully saturated rings. The van der Waals surface area contributed by atoms with Gasteiger partial charge in [-0.25, -0.2) is 8.42 Å². The van der Waals surface area contributed by atoms with Crippen LogP contribution in [0, 0.1) is 13.8 Å². The van der Waals surface area contributed by atoms with Gasteiger partial charge in [0.05, 0.1) is 23.5 Å². The molecule has 0 aliphatic heterocycles. The molecule has 0 bridgehead atoms. The number of carbonyl (C=O) groups is 1. The molecule has 0 saturated carbocycles. The van der Waals surface area contributed by atoms with E-state index in [1.165, 1.54) is 0 Å². The molecule has 1 unspecified atom stereocenters. The highest BCUT2D eigenvalue weighted by Gasteiger charge is 2.29. The zero-order valence-corrected chi connectivity index (χ0v) is 18.0. The molecule has 1 N–H and O–H groups in total. The third-order valence-electron chi connectivity index (χ3n) is 4.33. The molecular weight excluding hydrogens is 400 g/mol. The number of hydrogen-bond donors (Lipinski definition) is 1. The van der Waals surface area contributed by atoms with E-state index in [1.807, 2.05) is 19.9 Å². The Morgan fingerprint density at radius 1 is 1.18 bits per heavy atom. The monoisotopic (exact) mass is 424 g/mol. The number of benzene rings is 2. The van der Waals surface area contributed by atoms with E-state index in [4.69, 9.17) is 16.3 Å². The third-order valence-corrected chi connectivity index (χ3v) is 5.88. The molecule has 0 saturated heterocycles. The molecule has 8 heteroatoms. The van der Waals surface area contributed by atoms with Gasteiger partial charge in [0.2, 0.25) is 15.9 Å². The molecule has 0 heterocycles. The van der Waals surface area contributed by atoms with Crippen molar-refractivity contribution in [3.63, 3.8) is 0 Å². The molecule has 1 amide bonds. The topological polar surface area (TPSA) is 75.7 Å². The maximum absolute atomic E-state index is 12.5. The first-order valence-corrected chi connectivity index (χ1v) is 11.1. The molecule has 0 aromatic heterocycles. The summed E-state index contributed by atoms with van der Waals surface area (Å²) < 4.78 is 31.3. The van der Waals surface area contributed by atoms with Gasteiger partial charge in [0, 0.05) is 0 Å². The second kappa shape index (κ2) is 9.30. The number of nitrogens with one attached hydrogen (secondary N) is 1. The van der Waals surface area contributed by atoms with Crippen LogP contribution in [0.5, 0.6) is 5.75 Å². The number of para-hydroxylation sites is 1. The van der Waals surface area contributed by atoms with Gasteiger partial charge in [-0.15, -0.1) is 0 Å². The number of ether oxygens (including phenoxy) is 1. The number of carbonyl (C=O) groups excluding carboxylic acids is 1. The van der Waals surface area contributed by atoms with Crippen molar-refractivity contribution in [1.29, 1.82) is 0 Å². The SMILES string of the molecule is Cc1ccc(N(C(C)C(=O)NCCOc2ccccc2Cl)S(C)(=O)=O)cc1C. The number of aryl methyl sites for hydroxylation is 2. The van der Waals surface area contributed by atoms with E-state index in [9.17, 15) is 13.2 Å². The molecule has 2 aromatic rings. The number of sulfonamides is 1. The predicted molar refractivity (Wildman–Crippen MR) is 113 cm³/mol. The van der Waals surface area contributed by atoms with Crippen molar-refractivity contribution in [1.82, 2.24) is 5.32 Å². The van der Waals surface area contributed by atoms with Crippen LogP contribution in [0.3, 0.4) is 0 Å². The fraction of sp³-hybridized carbons (Fsp3) is 0.350. The zero-order chi connectivity index (χ0) is 20.9. The molecular formula is C20H25ClN2O4S. The molecule has 2 aromatic carbocycles. The average molecular weight is 425 g/mol. The fourth-order valence-corrected chi connectivity index (χ4v) is 4.07. The Balaban J connectivity index is 2.03. The summed E-state index contributed by atoms with van der Waals surface area (Å²) in [5, 5.41) is 3.19. The molecule has 0 aliphatic carbocycles. The summed E-state index contributed by atoms with van der Waals surface area (Å²) in [4.78, 5) is 12.5. The van der Waals surface area contributed by atoms with Crippen LogP contribution in [-0.4, -0.2) is 39.8 Å². The lowest BCUT2D eigenvalue weighted by Gasteiger charge is -2.28. The second-order valence-corrected chi connectivity index (χ2v) is 8.84. The van der Waals surface area contributed by atoms with Crippen LogP contribution in [0.25, 0.3) is 0 Å². The van der Waals surface area contributed by atoms with Gasteiger partial charge >= 0.3 is 0 Å².